The summed E-state index contributed by atoms with van der Waals surface area (Å²) in [7, 11) is -10.1. The molecule has 3 aliphatic rings. The number of ether oxygens (including phenoxy) is 2. The number of hydrogen-bond acceptors (Lipinski definition) is 16. The molecule has 7 rings (SSSR count). The number of aromatic amines is 1. The number of nitrogens with zero attached hydrogens (tertiary/aromatic N) is 5. The van der Waals surface area contributed by atoms with Gasteiger partial charge in [0.25, 0.3) is 5.56 Å². The molecule has 4 aromatic heterocycles. The normalized spacial score (nSPS) is 37.7. The fourth-order valence-electron chi connectivity index (χ4n) is 5.57. The van der Waals surface area contributed by atoms with Gasteiger partial charge in [0.05, 0.1) is 24.0 Å². The maximum atomic E-state index is 13.2. The van der Waals surface area contributed by atoms with Crippen molar-refractivity contribution >= 4 is 49.5 Å². The third kappa shape index (κ3) is 5.35. The highest BCUT2D eigenvalue weighted by Gasteiger charge is 2.53. The summed E-state index contributed by atoms with van der Waals surface area (Å²) in [6, 6.07) is 2.93. The lowest BCUT2D eigenvalue weighted by Gasteiger charge is -2.26. The molecule has 0 aromatic carbocycles. The third-order valence-electron chi connectivity index (χ3n) is 7.62. The van der Waals surface area contributed by atoms with Gasteiger partial charge in [0, 0.05) is 12.4 Å². The number of fused-ring (bicyclic) bond motifs is 5. The fourth-order valence-corrected chi connectivity index (χ4v) is 7.47. The van der Waals surface area contributed by atoms with Crippen LogP contribution in [0.5, 0.6) is 0 Å². The molecule has 45 heavy (non-hydrogen) atoms. The zero-order valence-corrected chi connectivity index (χ0v) is 24.5. The molecule has 4 unspecified atom stereocenters. The second kappa shape index (κ2) is 10.9. The second-order valence-corrected chi connectivity index (χ2v) is 13.2. The number of phosphoric ester groups is 2. The molecule has 7 heterocycles. The van der Waals surface area contributed by atoms with Crippen LogP contribution in [0.15, 0.2) is 35.6 Å². The first-order valence-electron chi connectivity index (χ1n) is 13.2. The first-order valence-corrected chi connectivity index (χ1v) is 16.2. The van der Waals surface area contributed by atoms with E-state index in [2.05, 4.69) is 19.9 Å². The SMILES string of the molecule is Nc1nc2c(ccn2[C@@H]2O[C@@H]3COP(=O)(O)O[C@@H]4C(O)[C@H](n5ccc6c(N)ncnc65)O[C@@H]4COP(=O)(O)O[C@H]2C3O)c(=O)[nH]1. The number of H-pyrrole nitrogens is 1. The van der Waals surface area contributed by atoms with Gasteiger partial charge < -0.3 is 50.1 Å². The van der Waals surface area contributed by atoms with Gasteiger partial charge in [-0.1, -0.05) is 0 Å². The van der Waals surface area contributed by atoms with Gasteiger partial charge in [-0.15, -0.1) is 0 Å². The molecule has 3 aliphatic heterocycles. The van der Waals surface area contributed by atoms with Crippen molar-refractivity contribution < 1.29 is 56.7 Å². The summed E-state index contributed by atoms with van der Waals surface area (Å²) in [5, 5.41) is 22.7. The first-order chi connectivity index (χ1) is 21.3. The van der Waals surface area contributed by atoms with Gasteiger partial charge in [-0.05, 0) is 12.1 Å². The Balaban J connectivity index is 1.21. The van der Waals surface area contributed by atoms with Gasteiger partial charge >= 0.3 is 15.6 Å². The summed E-state index contributed by atoms with van der Waals surface area (Å²) in [6.07, 6.45) is -8.28. The highest BCUT2D eigenvalue weighted by atomic mass is 31.2. The Labute approximate surface area is 250 Å². The topological polar surface area (TPSA) is 304 Å². The predicted molar refractivity (Wildman–Crippen MR) is 148 cm³/mol. The number of nitrogens with two attached hydrogens (primary N) is 2. The van der Waals surface area contributed by atoms with Gasteiger partial charge in [-0.2, -0.15) is 4.98 Å². The maximum Gasteiger partial charge on any atom is 0.472 e. The number of hydrogen-bond donors (Lipinski definition) is 7. The maximum absolute atomic E-state index is 13.2. The van der Waals surface area contributed by atoms with E-state index in [1.165, 1.54) is 33.9 Å². The fraction of sp³-hybridized carbons (Fsp3) is 0.455. The first kappa shape index (κ1) is 30.4. The number of aromatic nitrogens is 6. The highest BCUT2D eigenvalue weighted by molar-refractivity contribution is 7.47. The number of aliphatic hydroxyl groups is 2. The van der Waals surface area contributed by atoms with E-state index in [1.807, 2.05) is 0 Å². The van der Waals surface area contributed by atoms with Crippen LogP contribution in [0, 0.1) is 0 Å². The number of rotatable bonds is 2. The van der Waals surface area contributed by atoms with Crippen LogP contribution >= 0.6 is 15.6 Å². The highest BCUT2D eigenvalue weighted by Crippen LogP contribution is 2.53. The van der Waals surface area contributed by atoms with Crippen molar-refractivity contribution in [2.75, 3.05) is 24.7 Å². The molecule has 10 atom stereocenters. The molecule has 4 aromatic rings. The monoisotopic (exact) mass is 672 g/mol. The van der Waals surface area contributed by atoms with Gasteiger partial charge in [0.1, 0.15) is 54.4 Å². The molecule has 0 radical (unpaired) electrons. The van der Waals surface area contributed by atoms with Crippen LogP contribution in [-0.2, 0) is 36.7 Å². The van der Waals surface area contributed by atoms with Crippen molar-refractivity contribution in [2.45, 2.75) is 49.1 Å². The molecule has 21 nitrogen and oxygen atoms in total. The summed E-state index contributed by atoms with van der Waals surface area (Å²) in [5.74, 6) is -0.0910. The summed E-state index contributed by atoms with van der Waals surface area (Å²) in [6.45, 7) is -1.59. The molecule has 23 heteroatoms. The van der Waals surface area contributed by atoms with E-state index >= 15 is 0 Å². The van der Waals surface area contributed by atoms with E-state index in [9.17, 15) is 33.9 Å². The quantitative estimate of drug-likeness (QED) is 0.124. The lowest BCUT2D eigenvalue weighted by Crippen LogP contribution is -2.36. The van der Waals surface area contributed by atoms with Gasteiger partial charge in [0.2, 0.25) is 5.95 Å². The molecular formula is C22H26N8O13P2. The molecule has 0 amide bonds. The molecule has 0 spiro atoms. The van der Waals surface area contributed by atoms with E-state index in [0.717, 1.165) is 0 Å². The minimum Gasteiger partial charge on any atom is -0.387 e. The average Bonchev–Trinajstić information content (AvgIpc) is 3.72. The predicted octanol–water partition coefficient (Wildman–Crippen LogP) is -1.13. The van der Waals surface area contributed by atoms with Crippen molar-refractivity contribution in [2.24, 2.45) is 0 Å². The lowest BCUT2D eigenvalue weighted by atomic mass is 10.1. The number of anilines is 2. The third-order valence-corrected chi connectivity index (χ3v) is 9.59. The van der Waals surface area contributed by atoms with E-state index in [1.54, 1.807) is 6.07 Å². The Morgan fingerprint density at radius 1 is 0.844 bits per heavy atom. The summed E-state index contributed by atoms with van der Waals surface area (Å²) in [4.78, 5) is 48.1. The summed E-state index contributed by atoms with van der Waals surface area (Å²) in [5.41, 5.74) is 11.2. The molecule has 9 N–H and O–H groups in total. The Bertz CT molecular complexity index is 1930. The molecule has 242 valence electrons. The number of phosphoric acid groups is 2. The average molecular weight is 672 g/mol. The summed E-state index contributed by atoms with van der Waals surface area (Å²) < 4.78 is 61.5. The van der Waals surface area contributed by atoms with Crippen LogP contribution in [0.2, 0.25) is 0 Å². The molecule has 0 saturated carbocycles. The standard InChI is InChI=1S/C22H26N8O13P2/c23-16-8-1-3-29(17(8)26-7-25-16)20-13(32)14-11(41-20)6-39-45(36,37)43-15-12(31)10(5-38-44(34,35)42-14)40-21(15)30-4-2-9-18(30)27-22(24)28-19(9)33/h1-4,7,10-15,20-21,31-32H,5-6H2,(H,34,35)(H,36,37)(H2,23,25,26)(H3,24,27,28,33)/t10-,11-,12?,13?,14+,15+,20-,21-/m1/s1. The Hall–Kier alpha value is -3.30. The van der Waals surface area contributed by atoms with Crippen LogP contribution in [-0.4, -0.2) is 98.9 Å². The molecule has 3 saturated heterocycles. The van der Waals surface area contributed by atoms with Crippen LogP contribution in [0.4, 0.5) is 11.8 Å². The van der Waals surface area contributed by atoms with Gasteiger partial charge in [0.15, 0.2) is 18.1 Å². The van der Waals surface area contributed by atoms with Crippen molar-refractivity contribution in [3.8, 4) is 0 Å². The van der Waals surface area contributed by atoms with E-state index < -0.39 is 83.5 Å². The van der Waals surface area contributed by atoms with Crippen LogP contribution in [0.3, 0.4) is 0 Å². The smallest absolute Gasteiger partial charge is 0.387 e. The van der Waals surface area contributed by atoms with Crippen LogP contribution < -0.4 is 17.0 Å². The van der Waals surface area contributed by atoms with Crippen molar-refractivity contribution in [1.29, 1.82) is 0 Å². The Kier molecular flexibility index (Phi) is 7.36. The largest absolute Gasteiger partial charge is 0.472 e. The molecule has 3 fully saturated rings. The Morgan fingerprint density at radius 3 is 2.20 bits per heavy atom. The minimum absolute atomic E-state index is 0.0126. The molecule has 0 aliphatic carbocycles. The van der Waals surface area contributed by atoms with Crippen molar-refractivity contribution in [1.82, 2.24) is 29.1 Å². The van der Waals surface area contributed by atoms with Crippen molar-refractivity contribution in [3.05, 3.63) is 41.2 Å². The lowest BCUT2D eigenvalue weighted by molar-refractivity contribution is -0.0670. The Morgan fingerprint density at radius 2 is 1.47 bits per heavy atom. The van der Waals surface area contributed by atoms with Crippen molar-refractivity contribution in [3.63, 3.8) is 0 Å². The zero-order chi connectivity index (χ0) is 31.8. The van der Waals surface area contributed by atoms with E-state index in [4.69, 9.17) is 39.0 Å². The number of nitrogen functional groups attached to an aromatic ring is 2. The van der Waals surface area contributed by atoms with E-state index in [0.29, 0.717) is 5.39 Å². The zero-order valence-electron chi connectivity index (χ0n) is 22.7. The summed E-state index contributed by atoms with van der Waals surface area (Å²) >= 11 is 0. The molecule has 2 bridgehead atoms. The van der Waals surface area contributed by atoms with Gasteiger partial charge in [-0.3, -0.25) is 27.9 Å². The van der Waals surface area contributed by atoms with E-state index in [-0.39, 0.29) is 28.4 Å². The minimum atomic E-state index is -5.08. The number of aliphatic hydroxyl groups excluding tert-OH is 2. The second-order valence-electron chi connectivity index (χ2n) is 10.4. The van der Waals surface area contributed by atoms with Crippen LogP contribution in [0.1, 0.15) is 12.5 Å². The van der Waals surface area contributed by atoms with Gasteiger partial charge in [-0.25, -0.2) is 19.1 Å². The molecular weight excluding hydrogens is 646 g/mol. The van der Waals surface area contributed by atoms with Crippen LogP contribution in [0.25, 0.3) is 22.1 Å². The number of nitrogens with one attached hydrogen (secondary N) is 1.